The Morgan fingerprint density at radius 1 is 0.564 bits per heavy atom. The van der Waals surface area contributed by atoms with Gasteiger partial charge in [-0.15, -0.1) is 0 Å². The van der Waals surface area contributed by atoms with Crippen molar-refractivity contribution in [3.05, 3.63) is 24.3 Å². The van der Waals surface area contributed by atoms with Gasteiger partial charge in [0.15, 0.2) is 6.10 Å². The summed E-state index contributed by atoms with van der Waals surface area (Å²) in [5, 5.41) is 0. The van der Waals surface area contributed by atoms with E-state index in [1.165, 1.54) is 109 Å². The zero-order chi connectivity index (χ0) is 40.7. The molecule has 0 heterocycles. The molecule has 0 saturated heterocycles. The Balaban J connectivity index is 4.34. The van der Waals surface area contributed by atoms with Gasteiger partial charge < -0.3 is 27.9 Å². The molecule has 0 radical (unpaired) electrons. The molecule has 324 valence electrons. The van der Waals surface area contributed by atoms with Crippen molar-refractivity contribution < 1.29 is 42.1 Å². The average Bonchev–Trinajstić information content (AvgIpc) is 3.13. The molecular weight excluding hydrogens is 713 g/mol. The summed E-state index contributed by atoms with van der Waals surface area (Å²) in [6.45, 7) is 4.20. The standard InChI is InChI=1S/C45H86NO8P/c1-6-8-10-12-14-16-18-20-22-24-25-27-29-31-33-35-37-44(47)51-41-43(42-53-55(49,50)52-40-39-46(3,4)5)54-45(48)38-36-34-32-30-28-26-23-21-19-17-15-13-11-9-7-2/h15,17,21,23,43H,6-14,16,18-20,22,24-42H2,1-5H3/b17-15+,23-21+/t43-/m1/s1. The Morgan fingerprint density at radius 2 is 0.982 bits per heavy atom. The van der Waals surface area contributed by atoms with Crippen LogP contribution in [0.2, 0.25) is 0 Å². The first-order valence-corrected chi connectivity index (χ1v) is 24.0. The van der Waals surface area contributed by atoms with Crippen LogP contribution in [0.25, 0.3) is 0 Å². The second-order valence-corrected chi connectivity index (χ2v) is 17.8. The first kappa shape index (κ1) is 53.5. The SMILES string of the molecule is CCCCC/C=C/C/C=C/CCCCCCCC(=O)O[C@H](COC(=O)CCCCCCCCCCCCCCCCCC)COP(=O)([O-])OCC[N+](C)(C)C. The number of quaternary nitrogens is 1. The van der Waals surface area contributed by atoms with Crippen molar-refractivity contribution in [1.82, 2.24) is 0 Å². The van der Waals surface area contributed by atoms with Crippen LogP contribution in [0.3, 0.4) is 0 Å². The van der Waals surface area contributed by atoms with E-state index in [-0.39, 0.29) is 32.0 Å². The van der Waals surface area contributed by atoms with Gasteiger partial charge in [-0.25, -0.2) is 0 Å². The van der Waals surface area contributed by atoms with Crippen LogP contribution in [0.4, 0.5) is 0 Å². The van der Waals surface area contributed by atoms with Crippen LogP contribution in [-0.2, 0) is 32.7 Å². The molecule has 0 spiro atoms. The first-order chi connectivity index (χ1) is 26.5. The zero-order valence-electron chi connectivity index (χ0n) is 36.4. The molecule has 2 atom stereocenters. The van der Waals surface area contributed by atoms with Crippen molar-refractivity contribution in [3.63, 3.8) is 0 Å². The number of unbranched alkanes of at least 4 members (excludes halogenated alkanes) is 23. The second kappa shape index (κ2) is 38.0. The zero-order valence-corrected chi connectivity index (χ0v) is 37.3. The molecule has 1 unspecified atom stereocenters. The Bertz CT molecular complexity index is 996. The number of phosphoric acid groups is 1. The largest absolute Gasteiger partial charge is 0.756 e. The number of likely N-dealkylation sites (N-methyl/N-ethyl adjacent to an activating group) is 1. The predicted molar refractivity (Wildman–Crippen MR) is 227 cm³/mol. The molecule has 9 nitrogen and oxygen atoms in total. The maximum absolute atomic E-state index is 12.7. The van der Waals surface area contributed by atoms with E-state index >= 15 is 0 Å². The Kier molecular flexibility index (Phi) is 37.0. The van der Waals surface area contributed by atoms with Crippen LogP contribution < -0.4 is 4.89 Å². The van der Waals surface area contributed by atoms with Crippen LogP contribution in [-0.4, -0.2) is 70.0 Å². The molecule has 0 aromatic carbocycles. The van der Waals surface area contributed by atoms with E-state index in [9.17, 15) is 19.0 Å². The van der Waals surface area contributed by atoms with Crippen molar-refractivity contribution in [3.8, 4) is 0 Å². The van der Waals surface area contributed by atoms with Gasteiger partial charge >= 0.3 is 11.9 Å². The fourth-order valence-corrected chi connectivity index (χ4v) is 6.88. The van der Waals surface area contributed by atoms with E-state index in [2.05, 4.69) is 38.2 Å². The summed E-state index contributed by atoms with van der Waals surface area (Å²) in [5.74, 6) is -0.843. The molecule has 10 heteroatoms. The summed E-state index contributed by atoms with van der Waals surface area (Å²) in [5.41, 5.74) is 0. The molecule has 0 saturated carbocycles. The van der Waals surface area contributed by atoms with Crippen molar-refractivity contribution >= 4 is 19.8 Å². The molecule has 0 aliphatic heterocycles. The minimum Gasteiger partial charge on any atom is -0.756 e. The van der Waals surface area contributed by atoms with E-state index in [1.54, 1.807) is 0 Å². The smallest absolute Gasteiger partial charge is 0.306 e. The van der Waals surface area contributed by atoms with Crippen molar-refractivity contribution in [2.75, 3.05) is 47.5 Å². The molecule has 0 rings (SSSR count). The molecule has 0 aromatic heterocycles. The van der Waals surface area contributed by atoms with Gasteiger partial charge in [-0.2, -0.15) is 0 Å². The van der Waals surface area contributed by atoms with Crippen molar-refractivity contribution in [2.45, 2.75) is 206 Å². The maximum Gasteiger partial charge on any atom is 0.306 e. The summed E-state index contributed by atoms with van der Waals surface area (Å²) in [7, 11) is 1.16. The van der Waals surface area contributed by atoms with Gasteiger partial charge in [0.05, 0.1) is 27.7 Å². The van der Waals surface area contributed by atoms with Crippen molar-refractivity contribution in [2.24, 2.45) is 0 Å². The fraction of sp³-hybridized carbons (Fsp3) is 0.867. The highest BCUT2D eigenvalue weighted by molar-refractivity contribution is 7.45. The lowest BCUT2D eigenvalue weighted by Crippen LogP contribution is -2.37. The van der Waals surface area contributed by atoms with E-state index in [4.69, 9.17) is 18.5 Å². The molecule has 0 aliphatic carbocycles. The van der Waals surface area contributed by atoms with Crippen LogP contribution in [0.15, 0.2) is 24.3 Å². The topological polar surface area (TPSA) is 111 Å². The normalized spacial score (nSPS) is 13.8. The maximum atomic E-state index is 12.7. The molecule has 0 aromatic rings. The van der Waals surface area contributed by atoms with E-state index in [1.807, 2.05) is 21.1 Å². The summed E-state index contributed by atoms with van der Waals surface area (Å²) in [4.78, 5) is 37.5. The van der Waals surface area contributed by atoms with Crippen LogP contribution in [0.1, 0.15) is 200 Å². The van der Waals surface area contributed by atoms with Gasteiger partial charge in [0.1, 0.15) is 19.8 Å². The van der Waals surface area contributed by atoms with Gasteiger partial charge in [-0.3, -0.25) is 14.2 Å². The number of carbonyl (C=O) groups excluding carboxylic acids is 2. The highest BCUT2D eigenvalue weighted by atomic mass is 31.2. The Hall–Kier alpha value is -1.51. The third-order valence-electron chi connectivity index (χ3n) is 9.72. The number of hydrogen-bond acceptors (Lipinski definition) is 8. The number of rotatable bonds is 41. The molecule has 0 fully saturated rings. The molecule has 55 heavy (non-hydrogen) atoms. The number of hydrogen-bond donors (Lipinski definition) is 0. The van der Waals surface area contributed by atoms with Crippen LogP contribution in [0.5, 0.6) is 0 Å². The van der Waals surface area contributed by atoms with E-state index in [0.29, 0.717) is 17.4 Å². The number of nitrogens with zero attached hydrogens (tertiary/aromatic N) is 1. The molecule has 0 amide bonds. The number of carbonyl (C=O) groups is 2. The van der Waals surface area contributed by atoms with Gasteiger partial charge in [-0.05, 0) is 44.9 Å². The first-order valence-electron chi connectivity index (χ1n) is 22.5. The Labute approximate surface area is 339 Å². The molecular formula is C45H86NO8P. The summed E-state index contributed by atoms with van der Waals surface area (Å²) in [6.07, 6.45) is 40.5. The molecule has 0 aliphatic rings. The van der Waals surface area contributed by atoms with Gasteiger partial charge in [0, 0.05) is 12.8 Å². The fourth-order valence-electron chi connectivity index (χ4n) is 6.16. The van der Waals surface area contributed by atoms with Crippen LogP contribution >= 0.6 is 7.82 Å². The lowest BCUT2D eigenvalue weighted by molar-refractivity contribution is -0.870. The third kappa shape index (κ3) is 41.9. The van der Waals surface area contributed by atoms with Gasteiger partial charge in [-0.1, -0.05) is 167 Å². The second-order valence-electron chi connectivity index (χ2n) is 16.4. The summed E-state index contributed by atoms with van der Waals surface area (Å²) < 4.78 is 33.9. The number of phosphoric ester groups is 1. The highest BCUT2D eigenvalue weighted by Crippen LogP contribution is 2.38. The molecule has 0 bridgehead atoms. The van der Waals surface area contributed by atoms with E-state index in [0.717, 1.165) is 57.8 Å². The lowest BCUT2D eigenvalue weighted by Gasteiger charge is -2.28. The van der Waals surface area contributed by atoms with E-state index < -0.39 is 26.5 Å². The Morgan fingerprint density at radius 3 is 1.47 bits per heavy atom. The van der Waals surface area contributed by atoms with Gasteiger partial charge in [0.25, 0.3) is 7.82 Å². The number of esters is 2. The lowest BCUT2D eigenvalue weighted by atomic mass is 10.0. The number of allylic oxidation sites excluding steroid dienone is 4. The summed E-state index contributed by atoms with van der Waals surface area (Å²) >= 11 is 0. The third-order valence-corrected chi connectivity index (χ3v) is 10.7. The average molecular weight is 800 g/mol. The number of ether oxygens (including phenoxy) is 2. The van der Waals surface area contributed by atoms with Gasteiger partial charge in [0.2, 0.25) is 0 Å². The summed E-state index contributed by atoms with van der Waals surface area (Å²) in [6, 6.07) is 0. The quantitative estimate of drug-likeness (QED) is 0.0198. The van der Waals surface area contributed by atoms with Crippen LogP contribution in [0, 0.1) is 0 Å². The monoisotopic (exact) mass is 800 g/mol. The van der Waals surface area contributed by atoms with Crippen molar-refractivity contribution in [1.29, 1.82) is 0 Å². The predicted octanol–water partition coefficient (Wildman–Crippen LogP) is 12.1. The minimum atomic E-state index is -4.62. The molecule has 0 N–H and O–H groups in total. The highest BCUT2D eigenvalue weighted by Gasteiger charge is 2.21. The minimum absolute atomic E-state index is 0.0319.